The molecule has 0 bridgehead atoms. The second kappa shape index (κ2) is 10.3. The number of rotatable bonds is 9. The van der Waals surface area contributed by atoms with Crippen LogP contribution in [0.3, 0.4) is 0 Å². The topological polar surface area (TPSA) is 92.3 Å². The number of benzene rings is 2. The van der Waals surface area contributed by atoms with Crippen molar-refractivity contribution >= 4 is 23.4 Å². The molecule has 32 heavy (non-hydrogen) atoms. The lowest BCUT2D eigenvalue weighted by Crippen LogP contribution is -2.12. The summed E-state index contributed by atoms with van der Waals surface area (Å²) in [6, 6.07) is 8.98. The van der Waals surface area contributed by atoms with Crippen molar-refractivity contribution in [1.29, 1.82) is 0 Å². The molecule has 11 heteroatoms. The van der Waals surface area contributed by atoms with E-state index >= 15 is 0 Å². The Bertz CT molecular complexity index is 1160. The molecule has 0 spiro atoms. The summed E-state index contributed by atoms with van der Waals surface area (Å²) in [5.74, 6) is 3.07. The summed E-state index contributed by atoms with van der Waals surface area (Å²) in [4.78, 5) is 11.0. The van der Waals surface area contributed by atoms with Gasteiger partial charge < -0.3 is 9.47 Å². The summed E-state index contributed by atoms with van der Waals surface area (Å²) in [6.07, 6.45) is 5.24. The SMILES string of the molecule is C#CCOc1c(Cl)cc([C@H](C[N+](=O)[O-])Sc2nnc(C)n2-c2ccc(F)cc2)cc1OC. The summed E-state index contributed by atoms with van der Waals surface area (Å²) in [5, 5.41) is 19.6. The van der Waals surface area contributed by atoms with Gasteiger partial charge in [-0.3, -0.25) is 14.7 Å². The van der Waals surface area contributed by atoms with E-state index in [9.17, 15) is 14.5 Å². The molecule has 0 amide bonds. The lowest BCUT2D eigenvalue weighted by molar-refractivity contribution is -0.479. The van der Waals surface area contributed by atoms with Crippen molar-refractivity contribution in [3.05, 3.63) is 68.7 Å². The zero-order valence-corrected chi connectivity index (χ0v) is 18.7. The fourth-order valence-electron chi connectivity index (χ4n) is 2.96. The number of hydrogen-bond acceptors (Lipinski definition) is 7. The van der Waals surface area contributed by atoms with Gasteiger partial charge in [-0.1, -0.05) is 29.3 Å². The highest BCUT2D eigenvalue weighted by Crippen LogP contribution is 2.43. The quantitative estimate of drug-likeness (QED) is 0.194. The number of thioether (sulfide) groups is 1. The van der Waals surface area contributed by atoms with Crippen LogP contribution in [0.2, 0.25) is 5.02 Å². The number of nitrogens with zero attached hydrogens (tertiary/aromatic N) is 4. The molecule has 0 unspecified atom stereocenters. The van der Waals surface area contributed by atoms with Gasteiger partial charge in [0.05, 0.1) is 12.1 Å². The fourth-order valence-corrected chi connectivity index (χ4v) is 4.39. The van der Waals surface area contributed by atoms with E-state index in [-0.39, 0.29) is 23.2 Å². The molecule has 1 atom stereocenters. The van der Waals surface area contributed by atoms with E-state index in [1.165, 1.54) is 19.2 Å². The third-order valence-corrected chi connectivity index (χ3v) is 5.83. The summed E-state index contributed by atoms with van der Waals surface area (Å²) in [5.41, 5.74) is 1.16. The monoisotopic (exact) mass is 476 g/mol. The highest BCUT2D eigenvalue weighted by molar-refractivity contribution is 7.99. The number of methoxy groups -OCH3 is 1. The predicted molar refractivity (Wildman–Crippen MR) is 119 cm³/mol. The molecule has 3 rings (SSSR count). The van der Waals surface area contributed by atoms with Gasteiger partial charge >= 0.3 is 0 Å². The van der Waals surface area contributed by atoms with Gasteiger partial charge in [-0.25, -0.2) is 4.39 Å². The van der Waals surface area contributed by atoms with Crippen LogP contribution in [0.15, 0.2) is 41.6 Å². The van der Waals surface area contributed by atoms with E-state index in [4.69, 9.17) is 27.5 Å². The van der Waals surface area contributed by atoms with Crippen LogP contribution in [0.5, 0.6) is 11.5 Å². The average molecular weight is 477 g/mol. The first-order valence-corrected chi connectivity index (χ1v) is 10.5. The van der Waals surface area contributed by atoms with Gasteiger partial charge in [0.25, 0.3) is 0 Å². The standard InChI is InChI=1S/C21H18ClFN4O4S/c1-4-9-31-20-17(22)10-14(11-18(20)30-3)19(12-26(28)29)32-21-25-24-13(2)27(21)16-7-5-15(23)6-8-16/h1,5-8,10-11,19H,9,12H2,2-3H3/t19-/m0/s1. The Labute approximate surface area is 192 Å². The lowest BCUT2D eigenvalue weighted by Gasteiger charge is -2.17. The molecule has 8 nitrogen and oxygen atoms in total. The van der Waals surface area contributed by atoms with Crippen LogP contribution in [0, 0.1) is 35.2 Å². The molecule has 0 saturated carbocycles. The molecule has 0 aliphatic carbocycles. The van der Waals surface area contributed by atoms with E-state index in [1.54, 1.807) is 35.8 Å². The van der Waals surface area contributed by atoms with E-state index in [1.807, 2.05) is 0 Å². The van der Waals surface area contributed by atoms with Crippen LogP contribution < -0.4 is 9.47 Å². The third-order valence-electron chi connectivity index (χ3n) is 4.37. The van der Waals surface area contributed by atoms with Gasteiger partial charge in [0.15, 0.2) is 16.7 Å². The molecular weight excluding hydrogens is 459 g/mol. The maximum atomic E-state index is 13.4. The minimum absolute atomic E-state index is 0.0114. The molecule has 2 aromatic carbocycles. The van der Waals surface area contributed by atoms with Crippen molar-refractivity contribution in [3.63, 3.8) is 0 Å². The molecule has 0 N–H and O–H groups in total. The average Bonchev–Trinajstić information content (AvgIpc) is 3.12. The molecule has 0 radical (unpaired) electrons. The van der Waals surface area contributed by atoms with Crippen LogP contribution in [-0.4, -0.2) is 39.9 Å². The fraction of sp³-hybridized carbons (Fsp3) is 0.238. The molecular formula is C21H18ClFN4O4S. The number of aryl methyl sites for hydroxylation is 1. The number of aromatic nitrogens is 3. The van der Waals surface area contributed by atoms with Crippen molar-refractivity contribution in [2.24, 2.45) is 0 Å². The van der Waals surface area contributed by atoms with Crippen LogP contribution in [0.25, 0.3) is 5.69 Å². The molecule has 0 aliphatic rings. The number of terminal acetylenes is 1. The maximum absolute atomic E-state index is 13.4. The first kappa shape index (κ1) is 23.4. The van der Waals surface area contributed by atoms with E-state index < -0.39 is 16.7 Å². The molecule has 1 heterocycles. The van der Waals surface area contributed by atoms with Gasteiger partial charge in [-0.15, -0.1) is 16.6 Å². The molecule has 0 aliphatic heterocycles. The van der Waals surface area contributed by atoms with E-state index in [2.05, 4.69) is 16.1 Å². The minimum Gasteiger partial charge on any atom is -0.493 e. The Morgan fingerprint density at radius 1 is 1.34 bits per heavy atom. The summed E-state index contributed by atoms with van der Waals surface area (Å²) < 4.78 is 25.8. The number of ether oxygens (including phenoxy) is 2. The van der Waals surface area contributed by atoms with E-state index in [0.717, 1.165) is 11.8 Å². The van der Waals surface area contributed by atoms with Gasteiger partial charge in [-0.05, 0) is 48.9 Å². The van der Waals surface area contributed by atoms with E-state index in [0.29, 0.717) is 28.0 Å². The zero-order valence-electron chi connectivity index (χ0n) is 17.1. The first-order chi connectivity index (χ1) is 15.3. The Balaban J connectivity index is 2.01. The predicted octanol–water partition coefficient (Wildman–Crippen LogP) is 4.50. The Kier molecular flexibility index (Phi) is 7.56. The third kappa shape index (κ3) is 5.30. The lowest BCUT2D eigenvalue weighted by atomic mass is 10.1. The van der Waals surface area contributed by atoms with Gasteiger partial charge in [0, 0.05) is 10.6 Å². The van der Waals surface area contributed by atoms with Crippen molar-refractivity contribution in [3.8, 4) is 29.5 Å². The maximum Gasteiger partial charge on any atom is 0.220 e. The molecule has 0 saturated heterocycles. The summed E-state index contributed by atoms with van der Waals surface area (Å²) >= 11 is 7.49. The highest BCUT2D eigenvalue weighted by Gasteiger charge is 2.26. The second-order valence-electron chi connectivity index (χ2n) is 6.49. The van der Waals surface area contributed by atoms with Crippen LogP contribution in [-0.2, 0) is 0 Å². The summed E-state index contributed by atoms with van der Waals surface area (Å²) in [7, 11) is 1.43. The smallest absolute Gasteiger partial charge is 0.220 e. The molecule has 1 aromatic heterocycles. The van der Waals surface area contributed by atoms with Gasteiger partial charge in [0.2, 0.25) is 6.54 Å². The highest BCUT2D eigenvalue weighted by atomic mass is 35.5. The Morgan fingerprint density at radius 2 is 2.06 bits per heavy atom. The van der Waals surface area contributed by atoms with Crippen molar-refractivity contribution in [2.45, 2.75) is 17.3 Å². The second-order valence-corrected chi connectivity index (χ2v) is 8.07. The Hall–Kier alpha value is -3.29. The van der Waals surface area contributed by atoms with Crippen LogP contribution in [0.4, 0.5) is 4.39 Å². The molecule has 0 fully saturated rings. The van der Waals surface area contributed by atoms with Crippen LogP contribution in [0.1, 0.15) is 16.6 Å². The van der Waals surface area contributed by atoms with Gasteiger partial charge in [-0.2, -0.15) is 0 Å². The number of nitro groups is 1. The summed E-state index contributed by atoms with van der Waals surface area (Å²) in [6.45, 7) is 1.31. The zero-order chi connectivity index (χ0) is 23.3. The van der Waals surface area contributed by atoms with Crippen molar-refractivity contribution in [1.82, 2.24) is 14.8 Å². The van der Waals surface area contributed by atoms with Crippen molar-refractivity contribution < 1.29 is 18.8 Å². The largest absolute Gasteiger partial charge is 0.493 e. The normalized spacial score (nSPS) is 11.6. The number of hydrogen-bond donors (Lipinski definition) is 0. The minimum atomic E-state index is -0.680. The van der Waals surface area contributed by atoms with Crippen molar-refractivity contribution in [2.75, 3.05) is 20.3 Å². The first-order valence-electron chi connectivity index (χ1n) is 9.24. The molecule has 3 aromatic rings. The Morgan fingerprint density at radius 3 is 2.69 bits per heavy atom. The number of halogens is 2. The van der Waals surface area contributed by atoms with Crippen LogP contribution >= 0.6 is 23.4 Å². The van der Waals surface area contributed by atoms with Gasteiger partial charge in [0.1, 0.15) is 23.5 Å². The molecule has 166 valence electrons.